The monoisotopic (exact) mass is 492 g/mol. The molecule has 3 rings (SSSR count). The van der Waals surface area contributed by atoms with Gasteiger partial charge >= 0.3 is 18.0 Å². The van der Waals surface area contributed by atoms with Gasteiger partial charge in [0.25, 0.3) is 5.69 Å². The molecule has 1 amide bonds. The highest BCUT2D eigenvalue weighted by Gasteiger charge is 2.46. The van der Waals surface area contributed by atoms with Crippen LogP contribution in [0.2, 0.25) is 0 Å². The summed E-state index contributed by atoms with van der Waals surface area (Å²) in [5.74, 6) is -4.01. The summed E-state index contributed by atoms with van der Waals surface area (Å²) in [5.41, 5.74) is -1.22. The molecule has 2 atom stereocenters. The van der Waals surface area contributed by atoms with E-state index < -0.39 is 40.8 Å². The predicted molar refractivity (Wildman–Crippen MR) is 128 cm³/mol. The molecule has 0 radical (unpaired) electrons. The zero-order valence-corrected chi connectivity index (χ0v) is 19.1. The molecule has 0 saturated heterocycles. The van der Waals surface area contributed by atoms with E-state index in [9.17, 15) is 34.7 Å². The van der Waals surface area contributed by atoms with E-state index in [0.717, 1.165) is 12.1 Å². The molecule has 0 heterocycles. The molecule has 3 aromatic carbocycles. The molecule has 10 nitrogen and oxygen atoms in total. The molecule has 0 spiro atoms. The van der Waals surface area contributed by atoms with Crippen LogP contribution in [0.4, 0.5) is 10.5 Å². The number of carbonyl (C=O) groups excluding carboxylic acids is 1. The number of alkyl carbamates (subject to hydrolysis) is 1. The first kappa shape index (κ1) is 25.9. The zero-order chi connectivity index (χ0) is 26.1. The number of nitro benzene ring substituents is 1. The van der Waals surface area contributed by atoms with Crippen LogP contribution in [0.15, 0.2) is 84.9 Å². The third-order valence-corrected chi connectivity index (χ3v) is 5.69. The molecule has 0 aliphatic rings. The minimum absolute atomic E-state index is 0.00106. The predicted octanol–water partition coefficient (Wildman–Crippen LogP) is 4.13. The quantitative estimate of drug-likeness (QED) is 0.266. The van der Waals surface area contributed by atoms with Gasteiger partial charge in [-0.1, -0.05) is 60.7 Å². The minimum Gasteiger partial charge on any atom is -0.481 e. The van der Waals surface area contributed by atoms with Crippen molar-refractivity contribution in [2.75, 3.05) is 0 Å². The van der Waals surface area contributed by atoms with E-state index in [1.54, 1.807) is 60.7 Å². The normalized spacial score (nSPS) is 13.1. The molecular weight excluding hydrogens is 468 g/mol. The molecule has 0 saturated carbocycles. The lowest BCUT2D eigenvalue weighted by Crippen LogP contribution is -2.54. The third kappa shape index (κ3) is 6.44. The molecule has 0 aromatic heterocycles. The Bertz CT molecular complexity index is 1220. The number of hydrogen-bond acceptors (Lipinski definition) is 6. The summed E-state index contributed by atoms with van der Waals surface area (Å²) in [7, 11) is 0. The Labute approximate surface area is 206 Å². The maximum atomic E-state index is 12.7. The van der Waals surface area contributed by atoms with Gasteiger partial charge in [-0.25, -0.2) is 9.59 Å². The van der Waals surface area contributed by atoms with Crippen LogP contribution in [0.1, 0.15) is 23.1 Å². The summed E-state index contributed by atoms with van der Waals surface area (Å²) in [6.07, 6.45) is -1.62. The van der Waals surface area contributed by atoms with Gasteiger partial charge in [0.05, 0.1) is 10.8 Å². The van der Waals surface area contributed by atoms with Crippen molar-refractivity contribution in [2.24, 2.45) is 5.92 Å². The molecule has 0 bridgehead atoms. The van der Waals surface area contributed by atoms with Crippen LogP contribution >= 0.6 is 0 Å². The van der Waals surface area contributed by atoms with Crippen molar-refractivity contribution in [3.63, 3.8) is 0 Å². The number of ether oxygens (including phenoxy) is 1. The number of rotatable bonds is 11. The minimum atomic E-state index is -2.24. The average molecular weight is 492 g/mol. The number of carbonyl (C=O) groups is 3. The largest absolute Gasteiger partial charge is 0.481 e. The van der Waals surface area contributed by atoms with Gasteiger partial charge in [0.1, 0.15) is 6.61 Å². The van der Waals surface area contributed by atoms with Gasteiger partial charge in [-0.15, -0.1) is 0 Å². The standard InChI is InChI=1S/C26H24N2O8/c29-23(30)20(15-18-7-3-1-4-8-18)16-26(24(31)32,21-11-13-22(14-12-21)28(34)35)27-25(33)36-17-19-9-5-2-6-10-19/h1-14,20H,15-17H2,(H,27,33)(H,29,30)(H,31,32)/t20?,26-/m1/s1. The first-order chi connectivity index (χ1) is 17.2. The van der Waals surface area contributed by atoms with Gasteiger partial charge < -0.3 is 20.3 Å². The number of aliphatic carboxylic acids is 2. The Kier molecular flexibility index (Phi) is 8.35. The van der Waals surface area contributed by atoms with Crippen molar-refractivity contribution in [3.8, 4) is 0 Å². The number of carboxylic acids is 2. The summed E-state index contributed by atoms with van der Waals surface area (Å²) in [5, 5.41) is 33.6. The summed E-state index contributed by atoms with van der Waals surface area (Å²) in [4.78, 5) is 48.0. The molecule has 0 aliphatic carbocycles. The summed E-state index contributed by atoms with van der Waals surface area (Å²) < 4.78 is 5.21. The fourth-order valence-electron chi connectivity index (χ4n) is 3.82. The second-order valence-electron chi connectivity index (χ2n) is 8.13. The van der Waals surface area contributed by atoms with Gasteiger partial charge in [-0.3, -0.25) is 14.9 Å². The Morgan fingerprint density at radius 3 is 1.94 bits per heavy atom. The van der Waals surface area contributed by atoms with E-state index >= 15 is 0 Å². The lowest BCUT2D eigenvalue weighted by Gasteiger charge is -2.33. The fourth-order valence-corrected chi connectivity index (χ4v) is 3.82. The summed E-state index contributed by atoms with van der Waals surface area (Å²) in [6.45, 7) is -0.144. The molecule has 0 aliphatic heterocycles. The molecule has 3 aromatic rings. The Morgan fingerprint density at radius 1 is 0.889 bits per heavy atom. The highest BCUT2D eigenvalue weighted by Crippen LogP contribution is 2.33. The number of amides is 1. The van der Waals surface area contributed by atoms with Crippen molar-refractivity contribution >= 4 is 23.7 Å². The molecule has 10 heteroatoms. The van der Waals surface area contributed by atoms with Crippen LogP contribution in [0, 0.1) is 16.0 Å². The fraction of sp³-hybridized carbons (Fsp3) is 0.192. The molecule has 3 N–H and O–H groups in total. The van der Waals surface area contributed by atoms with E-state index in [4.69, 9.17) is 4.74 Å². The van der Waals surface area contributed by atoms with Crippen molar-refractivity contribution in [1.82, 2.24) is 5.32 Å². The van der Waals surface area contributed by atoms with Crippen LogP contribution in [-0.4, -0.2) is 33.2 Å². The van der Waals surface area contributed by atoms with Gasteiger partial charge in [0.2, 0.25) is 0 Å². The number of nitro groups is 1. The molecule has 1 unspecified atom stereocenters. The third-order valence-electron chi connectivity index (χ3n) is 5.69. The van der Waals surface area contributed by atoms with E-state index in [1.165, 1.54) is 12.1 Å². The number of hydrogen-bond donors (Lipinski definition) is 3. The zero-order valence-electron chi connectivity index (χ0n) is 19.1. The number of benzene rings is 3. The van der Waals surface area contributed by atoms with Crippen molar-refractivity contribution in [1.29, 1.82) is 0 Å². The molecular formula is C26H24N2O8. The van der Waals surface area contributed by atoms with Crippen molar-refractivity contribution in [3.05, 3.63) is 112 Å². The Morgan fingerprint density at radius 2 is 1.44 bits per heavy atom. The van der Waals surface area contributed by atoms with E-state index in [2.05, 4.69) is 5.32 Å². The van der Waals surface area contributed by atoms with Gasteiger partial charge in [0, 0.05) is 12.1 Å². The summed E-state index contributed by atoms with van der Waals surface area (Å²) >= 11 is 0. The van der Waals surface area contributed by atoms with Crippen LogP contribution in [0.25, 0.3) is 0 Å². The number of carboxylic acid groups (broad SMARTS) is 2. The Balaban J connectivity index is 1.96. The van der Waals surface area contributed by atoms with E-state index in [0.29, 0.717) is 11.1 Å². The number of non-ortho nitro benzene ring substituents is 1. The van der Waals surface area contributed by atoms with Crippen LogP contribution < -0.4 is 5.32 Å². The van der Waals surface area contributed by atoms with Gasteiger partial charge in [-0.2, -0.15) is 0 Å². The van der Waals surface area contributed by atoms with Crippen molar-refractivity contribution < 1.29 is 34.3 Å². The topological polar surface area (TPSA) is 156 Å². The van der Waals surface area contributed by atoms with Crippen LogP contribution in [0.3, 0.4) is 0 Å². The van der Waals surface area contributed by atoms with Gasteiger partial charge in [-0.05, 0) is 41.7 Å². The number of nitrogens with zero attached hydrogens (tertiary/aromatic N) is 1. The highest BCUT2D eigenvalue weighted by atomic mass is 16.6. The second kappa shape index (κ2) is 11.6. The smallest absolute Gasteiger partial charge is 0.408 e. The van der Waals surface area contributed by atoms with Crippen LogP contribution in [0.5, 0.6) is 0 Å². The first-order valence-electron chi connectivity index (χ1n) is 10.9. The van der Waals surface area contributed by atoms with E-state index in [1.807, 2.05) is 0 Å². The maximum absolute atomic E-state index is 12.7. The van der Waals surface area contributed by atoms with Crippen molar-refractivity contribution in [2.45, 2.75) is 25.0 Å². The van der Waals surface area contributed by atoms with E-state index in [-0.39, 0.29) is 24.3 Å². The SMILES string of the molecule is O=C(N[C@@](CC(Cc1ccccc1)C(=O)O)(C(=O)O)c1ccc([N+](=O)[O-])cc1)OCc1ccccc1. The molecule has 186 valence electrons. The maximum Gasteiger partial charge on any atom is 0.408 e. The lowest BCUT2D eigenvalue weighted by atomic mass is 9.79. The van der Waals surface area contributed by atoms with Crippen LogP contribution in [-0.2, 0) is 32.9 Å². The first-order valence-corrected chi connectivity index (χ1v) is 10.9. The average Bonchev–Trinajstić information content (AvgIpc) is 2.87. The summed E-state index contributed by atoms with van der Waals surface area (Å²) in [6, 6.07) is 21.9. The Hall–Kier alpha value is -4.73. The molecule has 36 heavy (non-hydrogen) atoms. The lowest BCUT2D eigenvalue weighted by molar-refractivity contribution is -0.384. The molecule has 0 fully saturated rings. The number of nitrogens with one attached hydrogen (secondary N) is 1. The highest BCUT2D eigenvalue weighted by molar-refractivity contribution is 5.87. The van der Waals surface area contributed by atoms with Gasteiger partial charge in [0.15, 0.2) is 5.54 Å². The second-order valence-corrected chi connectivity index (χ2v) is 8.13.